The Bertz CT molecular complexity index is 2480. The molecule has 1 radical (unpaired) electrons. The first-order valence-electron chi connectivity index (χ1n) is 18.2. The van der Waals surface area contributed by atoms with Gasteiger partial charge in [-0.25, -0.2) is 26.3 Å². The third-order valence-corrected chi connectivity index (χ3v) is 8.77. The van der Waals surface area contributed by atoms with Crippen molar-refractivity contribution in [3.8, 4) is 0 Å². The van der Waals surface area contributed by atoms with Crippen molar-refractivity contribution in [2.75, 3.05) is 19.6 Å². The second-order valence-corrected chi connectivity index (χ2v) is 13.8. The van der Waals surface area contributed by atoms with E-state index in [0.717, 1.165) is 14.0 Å². The van der Waals surface area contributed by atoms with Crippen molar-refractivity contribution in [1.82, 2.24) is 39.3 Å². The predicted molar refractivity (Wildman–Crippen MR) is 204 cm³/mol. The molecule has 68 heavy (non-hydrogen) atoms. The van der Waals surface area contributed by atoms with Crippen LogP contribution in [-0.2, 0) is 48.1 Å². The Balaban J connectivity index is 0.000000534. The molecule has 3 unspecified atom stereocenters. The van der Waals surface area contributed by atoms with Crippen molar-refractivity contribution >= 4 is 42.7 Å². The van der Waals surface area contributed by atoms with Crippen LogP contribution >= 0.6 is 17.0 Å². The van der Waals surface area contributed by atoms with Crippen molar-refractivity contribution in [3.63, 3.8) is 0 Å². The van der Waals surface area contributed by atoms with E-state index in [4.69, 9.17) is 6.72 Å². The van der Waals surface area contributed by atoms with Crippen LogP contribution in [0.15, 0.2) is 24.3 Å². The quantitative estimate of drug-likeness (QED) is 0.0466. The number of fused-ring (bicyclic) bond motifs is 2. The van der Waals surface area contributed by atoms with E-state index in [9.17, 15) is 92.4 Å². The average Bonchev–Trinajstić information content (AvgIpc) is 3.93. The normalized spacial score (nSPS) is 13.9. The molecule has 20 nitrogen and oxygen atoms in total. The number of aliphatic hydroxyl groups is 1. The summed E-state index contributed by atoms with van der Waals surface area (Å²) in [4.78, 5) is 56.1. The van der Waals surface area contributed by atoms with Gasteiger partial charge in [-0.15, -0.1) is 20.4 Å². The third kappa shape index (κ3) is 17.1. The number of halogens is 12. The van der Waals surface area contributed by atoms with Gasteiger partial charge in [0.05, 0.1) is 31.5 Å². The number of carbonyl (C=O) groups excluding carboxylic acids is 3. The monoisotopic (exact) mass is 1050 g/mol. The van der Waals surface area contributed by atoms with Gasteiger partial charge in [0.2, 0.25) is 30.0 Å². The smallest absolute Gasteiger partial charge is 1.00 e. The van der Waals surface area contributed by atoms with Crippen LogP contribution in [0.4, 0.5) is 52.7 Å². The van der Waals surface area contributed by atoms with Gasteiger partial charge in [-0.1, -0.05) is 8.93 Å². The van der Waals surface area contributed by atoms with Crippen LogP contribution in [0.5, 0.6) is 0 Å². The maximum Gasteiger partial charge on any atom is 1.00 e. The van der Waals surface area contributed by atoms with Gasteiger partial charge < -0.3 is 24.0 Å². The van der Waals surface area contributed by atoms with Crippen LogP contribution in [0.2, 0.25) is 1.41 Å². The zero-order chi connectivity index (χ0) is 51.8. The Morgan fingerprint density at radius 3 is 1.65 bits per heavy atom. The topological polar surface area (TPSA) is 272 Å². The van der Waals surface area contributed by atoms with E-state index in [1.165, 1.54) is 4.90 Å². The van der Waals surface area contributed by atoms with Gasteiger partial charge in [0, 0.05) is 61.8 Å². The number of rotatable bonds is 9. The Kier molecular flexibility index (Phi) is 24.0. The fraction of sp³-hybridized carbons (Fsp3) is 0.406. The standard InChI is InChI=1S/C16H13F6N5O4.C9H10F3N5O3.C7H3F3O.BN.K.H3NP2/c17-8-4-10(19)9(18)3-7(8)14(29)11(27(30)31)5-13(28)25-1-2-26-12(6-25)23-24-15(26)16(20,21)22;10-9(11,12)8-14-13-6-5-15(3-4-16(6)8)7(18)1-2-17(19)20;8-5-2-7(10)6(9)1-4(5)3-11;1-2;;1-3-2/h3-4,11,14,29H,1-2,5-6H2;1-5H2;1-3H;;;1H,2H2/q;;;-1;+1;/i/hT. The first kappa shape index (κ1) is 59.4. The number of nitro groups is 2. The zero-order valence-electron chi connectivity index (χ0n) is 35.2. The summed E-state index contributed by atoms with van der Waals surface area (Å²) >= 11 is 0. The van der Waals surface area contributed by atoms with Gasteiger partial charge in [0.15, 0.2) is 42.6 Å². The van der Waals surface area contributed by atoms with Crippen LogP contribution in [-0.4, -0.2) is 106 Å². The van der Waals surface area contributed by atoms with Crippen molar-refractivity contribution in [2.24, 2.45) is 0 Å². The molecule has 2 amide bonds. The predicted octanol–water partition coefficient (Wildman–Crippen LogP) is 2.44. The summed E-state index contributed by atoms with van der Waals surface area (Å²) in [6.07, 6.45) is -12.8. The molecular weight excluding hydrogens is 1020 g/mol. The van der Waals surface area contributed by atoms with E-state index in [1.807, 2.05) is 0 Å². The number of nitrogens with zero attached hydrogens (tertiary/aromatic N) is 11. The Labute approximate surface area is 421 Å². The summed E-state index contributed by atoms with van der Waals surface area (Å²) in [5.74, 6) is -12.1. The van der Waals surface area contributed by atoms with Crippen molar-refractivity contribution in [2.45, 2.75) is 63.5 Å². The summed E-state index contributed by atoms with van der Waals surface area (Å²) in [5, 5.41) is 54.0. The van der Waals surface area contributed by atoms with E-state index in [2.05, 4.69) is 42.1 Å². The van der Waals surface area contributed by atoms with E-state index in [0.29, 0.717) is 20.2 Å². The van der Waals surface area contributed by atoms with Gasteiger partial charge in [-0.05, 0) is 12.1 Å². The molecule has 2 N–H and O–H groups in total. The number of aromatic nitrogens is 6. The van der Waals surface area contributed by atoms with Gasteiger partial charge in [-0.2, -0.15) is 26.3 Å². The van der Waals surface area contributed by atoms with Crippen LogP contribution in [0.25, 0.3) is 5.31 Å². The molecule has 0 spiro atoms. The molecule has 0 bridgehead atoms. The van der Waals surface area contributed by atoms with E-state index in [-0.39, 0.29) is 121 Å². The molecule has 0 saturated heterocycles. The Morgan fingerprint density at radius 2 is 1.24 bits per heavy atom. The fourth-order valence-electron chi connectivity index (χ4n) is 5.72. The van der Waals surface area contributed by atoms with Crippen molar-refractivity contribution < 1.29 is 135 Å². The number of alkyl halides is 6. The molecule has 0 fully saturated rings. The first-order chi connectivity index (χ1) is 31.7. The SMILES string of the molecule is O=C(CC(C(O)c1cc(F)c(F)cc1F)[N+](=O)[O-])N1CCn2c(nnc2C(F)(F)F)C1.O=C(CC[N+](=O)[O-])N1CCn2c(nnc2C(F)(F)F)C1.O=Cc1cc(F)c(F)cc1F.[3H]N=PP.[B]=[N-].[K+]. The maximum atomic E-state index is 13.9. The molecule has 363 valence electrons. The zero-order valence-corrected chi connectivity index (χ0v) is 39.4. The van der Waals surface area contributed by atoms with Gasteiger partial charge in [0.25, 0.3) is 6.04 Å². The number of benzene rings is 2. The van der Waals surface area contributed by atoms with Gasteiger partial charge in [-0.3, -0.25) is 39.8 Å². The van der Waals surface area contributed by atoms with E-state index in [1.54, 1.807) is 0 Å². The molecule has 2 aromatic heterocycles. The molecule has 2 aliphatic heterocycles. The number of hydrogen-bond donors (Lipinski definition) is 2. The molecular formula is C32H29BF12KN12O8P2. The molecule has 3 atom stereocenters. The first-order valence-corrected chi connectivity index (χ1v) is 20.2. The molecule has 2 aliphatic rings. The third-order valence-electron chi connectivity index (χ3n) is 8.77. The fourth-order valence-corrected chi connectivity index (χ4v) is 5.72. The van der Waals surface area contributed by atoms with Crippen LogP contribution in [0.1, 0.15) is 58.2 Å². The van der Waals surface area contributed by atoms with E-state index >= 15 is 0 Å². The average molecular weight is 1050 g/mol. The summed E-state index contributed by atoms with van der Waals surface area (Å²) < 4.78 is 161. The Hall–Kier alpha value is -4.72. The number of carbonyl (C=O) groups is 3. The number of amides is 2. The minimum absolute atomic E-state index is 0. The number of aldehydes is 1. The minimum atomic E-state index is -4.76. The van der Waals surface area contributed by atoms with Crippen molar-refractivity contribution in [1.29, 1.82) is 5.15 Å². The maximum absolute atomic E-state index is 13.9. The molecule has 4 aromatic rings. The van der Waals surface area contributed by atoms with Crippen LogP contribution < -0.4 is 51.4 Å². The summed E-state index contributed by atoms with van der Waals surface area (Å²) in [7, 11) is 6.48. The summed E-state index contributed by atoms with van der Waals surface area (Å²) in [6.45, 7) is -1.68. The molecule has 0 saturated carbocycles. The van der Waals surface area contributed by atoms with Gasteiger partial charge >= 0.3 is 76.7 Å². The number of hydrogen-bond acceptors (Lipinski definition) is 13. The van der Waals surface area contributed by atoms with E-state index < -0.39 is 123 Å². The van der Waals surface area contributed by atoms with Crippen LogP contribution in [0.3, 0.4) is 0 Å². The molecule has 2 aromatic carbocycles. The second-order valence-electron chi connectivity index (χ2n) is 12.9. The van der Waals surface area contributed by atoms with Gasteiger partial charge in [0.1, 0.15) is 17.7 Å². The number of nitrogens with one attached hydrogen (secondary N) is 1. The Morgan fingerprint density at radius 1 is 0.809 bits per heavy atom. The number of aliphatic hydroxyl groups excluding tert-OH is 1. The minimum Gasteiger partial charge on any atom is 1.00 e. The largest absolute Gasteiger partial charge is 1.00 e. The molecule has 0 aliphatic carbocycles. The van der Waals surface area contributed by atoms with Crippen molar-refractivity contribution in [3.05, 3.63) is 119 Å². The van der Waals surface area contributed by atoms with Crippen LogP contribution in [0, 0.1) is 60.3 Å². The second kappa shape index (κ2) is 27.5. The molecule has 6 rings (SSSR count). The molecule has 4 heterocycles. The summed E-state index contributed by atoms with van der Waals surface area (Å²) in [6, 6.07) is -0.935. The summed E-state index contributed by atoms with van der Waals surface area (Å²) in [5.41, 5.74) is -1.40. The molecule has 36 heteroatoms.